The average Bonchev–Trinajstić information content (AvgIpc) is 3.12. The Labute approximate surface area is 184 Å². The summed E-state index contributed by atoms with van der Waals surface area (Å²) < 4.78 is 11.1. The number of nitrogens with one attached hydrogen (secondary N) is 1. The van der Waals surface area contributed by atoms with Gasteiger partial charge in [-0.3, -0.25) is 5.43 Å². The summed E-state index contributed by atoms with van der Waals surface area (Å²) >= 11 is 1.21. The third-order valence-electron chi connectivity index (χ3n) is 4.95. The van der Waals surface area contributed by atoms with Crippen LogP contribution in [-0.4, -0.2) is 18.1 Å². The molecule has 0 aliphatic carbocycles. The van der Waals surface area contributed by atoms with E-state index in [9.17, 15) is 4.79 Å². The number of carbonyl (C=O) groups excluding carboxylic acids is 1. The summed E-state index contributed by atoms with van der Waals surface area (Å²) in [5.41, 5.74) is 8.72. The number of carbonyl (C=O) groups is 1. The Morgan fingerprint density at radius 3 is 2.52 bits per heavy atom. The molecule has 0 atom stereocenters. The summed E-state index contributed by atoms with van der Waals surface area (Å²) in [7, 11) is 1.36. The van der Waals surface area contributed by atoms with Gasteiger partial charge in [0.05, 0.1) is 18.2 Å². The Kier molecular flexibility index (Phi) is 5.61. The first kappa shape index (κ1) is 20.8. The molecule has 6 nitrogen and oxygen atoms in total. The number of rotatable bonds is 4. The van der Waals surface area contributed by atoms with Gasteiger partial charge in [0.15, 0.2) is 0 Å². The van der Waals surface area contributed by atoms with Crippen molar-refractivity contribution in [3.8, 4) is 11.3 Å². The van der Waals surface area contributed by atoms with E-state index < -0.39 is 5.97 Å². The second-order valence-corrected chi connectivity index (χ2v) is 8.47. The lowest BCUT2D eigenvalue weighted by atomic mass is 10.1. The molecule has 0 radical (unpaired) electrons. The maximum Gasteiger partial charge on any atom is 0.350 e. The fourth-order valence-electron chi connectivity index (χ4n) is 3.41. The molecule has 2 heterocycles. The van der Waals surface area contributed by atoms with Crippen LogP contribution in [0.15, 0.2) is 52.0 Å². The third-order valence-corrected chi connectivity index (χ3v) is 5.99. The number of methoxy groups -OCH3 is 1. The number of aryl methyl sites for hydroxylation is 4. The summed E-state index contributed by atoms with van der Waals surface area (Å²) in [6.45, 7) is 7.90. The molecule has 158 valence electrons. The van der Waals surface area contributed by atoms with E-state index in [1.54, 1.807) is 6.92 Å². The van der Waals surface area contributed by atoms with Gasteiger partial charge in [0.1, 0.15) is 16.2 Å². The molecular weight excluding hydrogens is 410 g/mol. The number of hydrogen-bond acceptors (Lipinski definition) is 7. The number of ether oxygens (including phenoxy) is 1. The molecule has 0 unspecified atom stereocenters. The maximum absolute atomic E-state index is 11.9. The Hall–Kier alpha value is -3.45. The summed E-state index contributed by atoms with van der Waals surface area (Å²) in [5, 5.41) is 6.77. The van der Waals surface area contributed by atoms with Crippen molar-refractivity contribution in [2.75, 3.05) is 12.5 Å². The van der Waals surface area contributed by atoms with Gasteiger partial charge in [-0.05, 0) is 44.9 Å². The monoisotopic (exact) mass is 433 g/mol. The molecule has 0 bridgehead atoms. The van der Waals surface area contributed by atoms with Crippen molar-refractivity contribution < 1.29 is 13.9 Å². The Morgan fingerprint density at radius 2 is 1.81 bits per heavy atom. The number of hydrogen-bond donors (Lipinski definition) is 1. The largest absolute Gasteiger partial charge is 0.465 e. The highest BCUT2D eigenvalue weighted by Crippen LogP contribution is 2.26. The first-order valence-corrected chi connectivity index (χ1v) is 10.6. The van der Waals surface area contributed by atoms with Crippen molar-refractivity contribution in [2.24, 2.45) is 5.10 Å². The van der Waals surface area contributed by atoms with Gasteiger partial charge < -0.3 is 9.15 Å². The number of anilines is 1. The Morgan fingerprint density at radius 1 is 1.06 bits per heavy atom. The van der Waals surface area contributed by atoms with Crippen molar-refractivity contribution in [3.63, 3.8) is 0 Å². The van der Waals surface area contributed by atoms with Crippen LogP contribution in [0.5, 0.6) is 0 Å². The first-order chi connectivity index (χ1) is 14.9. The minimum Gasteiger partial charge on any atom is -0.465 e. The van der Waals surface area contributed by atoms with E-state index in [-0.39, 0.29) is 0 Å². The van der Waals surface area contributed by atoms with Gasteiger partial charge >= 0.3 is 5.97 Å². The molecule has 0 aliphatic rings. The smallest absolute Gasteiger partial charge is 0.350 e. The molecular formula is C24H23N3O3S. The predicted octanol–water partition coefficient (Wildman–Crippen LogP) is 5.50. The van der Waals surface area contributed by atoms with Crippen molar-refractivity contribution in [1.29, 1.82) is 0 Å². The zero-order valence-corrected chi connectivity index (χ0v) is 18.9. The quantitative estimate of drug-likeness (QED) is 0.339. The Balaban J connectivity index is 1.85. The highest BCUT2D eigenvalue weighted by atomic mass is 32.1. The molecule has 0 saturated heterocycles. The van der Waals surface area contributed by atoms with Crippen LogP contribution < -0.4 is 10.8 Å². The van der Waals surface area contributed by atoms with Crippen LogP contribution in [0.25, 0.3) is 22.3 Å². The number of nitrogens with zero attached hydrogens (tertiary/aromatic N) is 2. The molecule has 4 aromatic rings. The van der Waals surface area contributed by atoms with Crippen molar-refractivity contribution in [2.45, 2.75) is 27.7 Å². The van der Waals surface area contributed by atoms with Gasteiger partial charge in [0.2, 0.25) is 5.13 Å². The molecule has 0 aliphatic heterocycles. The van der Waals surface area contributed by atoms with Crippen molar-refractivity contribution >= 4 is 33.4 Å². The van der Waals surface area contributed by atoms with E-state index in [2.05, 4.69) is 46.7 Å². The second kappa shape index (κ2) is 8.35. The standard InChI is InChI=1S/C24H23N3O3S/c1-13-6-8-17(9-7-13)20-12-19(18-11-14(2)10-15(3)21(18)30-20)26-27-24-25-16(4)22(31-24)23(28)29-5/h6-12H,1-5H3,(H,25,27)/b26-19+. The predicted molar refractivity (Wildman–Crippen MR) is 123 cm³/mol. The fraction of sp³-hybridized carbons (Fsp3) is 0.208. The zero-order valence-electron chi connectivity index (χ0n) is 18.1. The number of benzene rings is 2. The molecule has 1 N–H and O–H groups in total. The van der Waals surface area contributed by atoms with Crippen LogP contribution in [0.4, 0.5) is 5.13 Å². The van der Waals surface area contributed by atoms with Crippen LogP contribution in [0.2, 0.25) is 0 Å². The lowest BCUT2D eigenvalue weighted by Crippen LogP contribution is -2.08. The fourth-order valence-corrected chi connectivity index (χ4v) is 4.24. The van der Waals surface area contributed by atoms with Gasteiger partial charge in [0.25, 0.3) is 0 Å². The van der Waals surface area contributed by atoms with Crippen LogP contribution in [0.1, 0.15) is 32.1 Å². The summed E-state index contributed by atoms with van der Waals surface area (Å²) in [5.74, 6) is 0.325. The van der Waals surface area contributed by atoms with Crippen LogP contribution in [0, 0.1) is 27.7 Å². The van der Waals surface area contributed by atoms with E-state index in [1.807, 2.05) is 32.0 Å². The molecule has 31 heavy (non-hydrogen) atoms. The summed E-state index contributed by atoms with van der Waals surface area (Å²) in [6, 6.07) is 14.2. The first-order valence-electron chi connectivity index (χ1n) is 9.83. The van der Waals surface area contributed by atoms with E-state index in [0.29, 0.717) is 15.7 Å². The van der Waals surface area contributed by atoms with Gasteiger partial charge in [-0.15, -0.1) is 0 Å². The van der Waals surface area contributed by atoms with Crippen LogP contribution in [0.3, 0.4) is 0 Å². The molecule has 2 aromatic heterocycles. The minimum absolute atomic E-state index is 0.403. The minimum atomic E-state index is -0.403. The molecule has 0 fully saturated rings. The van der Waals surface area contributed by atoms with Crippen molar-refractivity contribution in [1.82, 2.24) is 4.98 Å². The highest BCUT2D eigenvalue weighted by molar-refractivity contribution is 7.17. The molecule has 0 spiro atoms. The molecule has 4 rings (SSSR count). The van der Waals surface area contributed by atoms with Gasteiger partial charge in [0, 0.05) is 17.0 Å². The molecule has 0 amide bonds. The SMILES string of the molecule is COC(=O)c1sc(N/N=c2\cc(-c3ccc(C)cc3)oc3c(C)cc(C)cc23)nc1C. The topological polar surface area (TPSA) is 76.7 Å². The number of aromatic nitrogens is 1. The number of fused-ring (bicyclic) bond motifs is 1. The second-order valence-electron chi connectivity index (χ2n) is 7.47. The normalized spacial score (nSPS) is 11.7. The Bertz CT molecular complexity index is 1350. The highest BCUT2D eigenvalue weighted by Gasteiger charge is 2.15. The molecule has 0 saturated carbocycles. The zero-order chi connectivity index (χ0) is 22.1. The van der Waals surface area contributed by atoms with Gasteiger partial charge in [-0.25, -0.2) is 9.78 Å². The van der Waals surface area contributed by atoms with Crippen LogP contribution in [-0.2, 0) is 4.74 Å². The molecule has 7 heteroatoms. The number of thiazole rings is 1. The third kappa shape index (κ3) is 4.22. The van der Waals surface area contributed by atoms with Crippen molar-refractivity contribution in [3.05, 3.63) is 75.1 Å². The molecule has 2 aromatic carbocycles. The lowest BCUT2D eigenvalue weighted by molar-refractivity contribution is 0.0605. The number of esters is 1. The van der Waals surface area contributed by atoms with Gasteiger partial charge in [-0.2, -0.15) is 5.10 Å². The lowest BCUT2D eigenvalue weighted by Gasteiger charge is -2.08. The van der Waals surface area contributed by atoms with E-state index in [4.69, 9.17) is 9.15 Å². The van der Waals surface area contributed by atoms with E-state index >= 15 is 0 Å². The average molecular weight is 434 g/mol. The van der Waals surface area contributed by atoms with E-state index in [1.165, 1.54) is 24.0 Å². The van der Waals surface area contributed by atoms with E-state index in [0.717, 1.165) is 38.8 Å². The summed E-state index contributed by atoms with van der Waals surface area (Å²) in [6.07, 6.45) is 0. The summed E-state index contributed by atoms with van der Waals surface area (Å²) in [4.78, 5) is 16.7. The van der Waals surface area contributed by atoms with Gasteiger partial charge in [-0.1, -0.05) is 47.2 Å². The maximum atomic E-state index is 11.9. The van der Waals surface area contributed by atoms with Crippen LogP contribution >= 0.6 is 11.3 Å².